The zero-order chi connectivity index (χ0) is 10.9. The van der Waals surface area contributed by atoms with E-state index in [4.69, 9.17) is 0 Å². The largest absolute Gasteiger partial charge is 0.0885 e. The van der Waals surface area contributed by atoms with Crippen LogP contribution in [-0.4, -0.2) is 0 Å². The molecule has 0 aliphatic heterocycles. The molecule has 0 aromatic carbocycles. The smallest absolute Gasteiger partial charge is 0.0169 e. The summed E-state index contributed by atoms with van der Waals surface area (Å²) >= 11 is 0. The van der Waals surface area contributed by atoms with Gasteiger partial charge in [0.2, 0.25) is 0 Å². The number of unbranched alkanes of at least 4 members (excludes halogenated alkanes) is 1. The van der Waals surface area contributed by atoms with E-state index in [2.05, 4.69) is 52.0 Å². The molecule has 0 unspecified atom stereocenters. The third kappa shape index (κ3) is 11.5. The standard InChI is InChI=1S/C14H26/c1-5-6-7-8-9-10-11-12-13-14(2,3)4/h6-7,9-10H,5,8,11-13H2,1-4H3/b7-6-,10-9-. The lowest BCUT2D eigenvalue weighted by molar-refractivity contribution is 0.367. The van der Waals surface area contributed by atoms with Crippen molar-refractivity contribution in [2.24, 2.45) is 5.41 Å². The van der Waals surface area contributed by atoms with Crippen molar-refractivity contribution in [2.75, 3.05) is 0 Å². The van der Waals surface area contributed by atoms with Crippen molar-refractivity contribution in [3.8, 4) is 0 Å². The Morgan fingerprint density at radius 1 is 0.929 bits per heavy atom. The van der Waals surface area contributed by atoms with Gasteiger partial charge in [0.15, 0.2) is 0 Å². The Morgan fingerprint density at radius 2 is 1.57 bits per heavy atom. The Balaban J connectivity index is 3.32. The Hall–Kier alpha value is -0.520. The van der Waals surface area contributed by atoms with Crippen LogP contribution in [0, 0.1) is 5.41 Å². The summed E-state index contributed by atoms with van der Waals surface area (Å²) in [5, 5.41) is 0. The summed E-state index contributed by atoms with van der Waals surface area (Å²) in [5.41, 5.74) is 0.496. The van der Waals surface area contributed by atoms with E-state index in [-0.39, 0.29) is 0 Å². The Labute approximate surface area is 90.1 Å². The first kappa shape index (κ1) is 13.5. The van der Waals surface area contributed by atoms with E-state index in [1.165, 1.54) is 19.3 Å². The quantitative estimate of drug-likeness (QED) is 0.407. The van der Waals surface area contributed by atoms with Crippen LogP contribution in [0.5, 0.6) is 0 Å². The molecule has 0 spiro atoms. The number of hydrogen-bond acceptors (Lipinski definition) is 0. The van der Waals surface area contributed by atoms with Crippen molar-refractivity contribution in [3.05, 3.63) is 24.3 Å². The van der Waals surface area contributed by atoms with Crippen molar-refractivity contribution < 1.29 is 0 Å². The molecule has 0 fully saturated rings. The zero-order valence-electron chi connectivity index (χ0n) is 10.3. The van der Waals surface area contributed by atoms with E-state index in [9.17, 15) is 0 Å². The lowest BCUT2D eigenvalue weighted by Crippen LogP contribution is -2.03. The zero-order valence-corrected chi connectivity index (χ0v) is 10.3. The lowest BCUT2D eigenvalue weighted by atomic mass is 9.90. The Kier molecular flexibility index (Phi) is 7.55. The maximum Gasteiger partial charge on any atom is -0.0169 e. The van der Waals surface area contributed by atoms with Crippen molar-refractivity contribution in [2.45, 2.75) is 59.8 Å². The van der Waals surface area contributed by atoms with Gasteiger partial charge >= 0.3 is 0 Å². The van der Waals surface area contributed by atoms with Gasteiger partial charge in [-0.1, -0.05) is 52.0 Å². The van der Waals surface area contributed by atoms with Crippen molar-refractivity contribution in [1.82, 2.24) is 0 Å². The summed E-state index contributed by atoms with van der Waals surface area (Å²) < 4.78 is 0. The van der Waals surface area contributed by atoms with Crippen molar-refractivity contribution in [1.29, 1.82) is 0 Å². The molecule has 0 amide bonds. The van der Waals surface area contributed by atoms with Crippen LogP contribution in [0.4, 0.5) is 0 Å². The van der Waals surface area contributed by atoms with Crippen LogP contribution >= 0.6 is 0 Å². The molecule has 0 bridgehead atoms. The maximum atomic E-state index is 2.31. The first-order valence-electron chi connectivity index (χ1n) is 5.86. The highest BCUT2D eigenvalue weighted by molar-refractivity contribution is 4.92. The molecule has 0 aliphatic rings. The van der Waals surface area contributed by atoms with Gasteiger partial charge in [0.25, 0.3) is 0 Å². The second kappa shape index (κ2) is 7.84. The molecule has 0 nitrogen and oxygen atoms in total. The molecule has 82 valence electrons. The van der Waals surface area contributed by atoms with Gasteiger partial charge in [0.1, 0.15) is 0 Å². The molecule has 0 atom stereocenters. The normalized spacial score (nSPS) is 13.1. The van der Waals surface area contributed by atoms with Gasteiger partial charge in [-0.25, -0.2) is 0 Å². The highest BCUT2D eigenvalue weighted by atomic mass is 14.1. The molecule has 0 N–H and O–H groups in total. The number of allylic oxidation sites excluding steroid dienone is 4. The van der Waals surface area contributed by atoms with Gasteiger partial charge in [-0.05, 0) is 37.5 Å². The SMILES string of the molecule is CC/C=C\C/C=C\CCCC(C)(C)C. The predicted octanol–water partition coefficient (Wildman–Crippen LogP) is 5.12. The summed E-state index contributed by atoms with van der Waals surface area (Å²) in [7, 11) is 0. The predicted molar refractivity (Wildman–Crippen MR) is 66.5 cm³/mol. The third-order valence-corrected chi connectivity index (χ3v) is 2.14. The fourth-order valence-corrected chi connectivity index (χ4v) is 1.31. The molecule has 0 saturated heterocycles. The van der Waals surface area contributed by atoms with Crippen LogP contribution in [0.25, 0.3) is 0 Å². The molecule has 0 aromatic rings. The second-order valence-electron chi connectivity index (χ2n) is 5.04. The highest BCUT2D eigenvalue weighted by Crippen LogP contribution is 2.21. The van der Waals surface area contributed by atoms with Crippen LogP contribution < -0.4 is 0 Å². The van der Waals surface area contributed by atoms with Crippen LogP contribution in [-0.2, 0) is 0 Å². The van der Waals surface area contributed by atoms with Crippen LogP contribution in [0.2, 0.25) is 0 Å². The minimum absolute atomic E-state index is 0.496. The first-order chi connectivity index (χ1) is 6.56. The van der Waals surface area contributed by atoms with E-state index in [1.807, 2.05) is 0 Å². The lowest BCUT2D eigenvalue weighted by Gasteiger charge is -2.16. The molecule has 0 radical (unpaired) electrons. The number of rotatable bonds is 6. The first-order valence-corrected chi connectivity index (χ1v) is 5.86. The summed E-state index contributed by atoms with van der Waals surface area (Å²) in [5.74, 6) is 0. The van der Waals surface area contributed by atoms with E-state index >= 15 is 0 Å². The van der Waals surface area contributed by atoms with E-state index < -0.39 is 0 Å². The van der Waals surface area contributed by atoms with Crippen molar-refractivity contribution in [3.63, 3.8) is 0 Å². The molecule has 0 heterocycles. The molecule has 14 heavy (non-hydrogen) atoms. The summed E-state index contributed by atoms with van der Waals surface area (Å²) in [4.78, 5) is 0. The molecule has 0 saturated carbocycles. The average Bonchev–Trinajstić information content (AvgIpc) is 2.08. The molecule has 0 aromatic heterocycles. The van der Waals surface area contributed by atoms with Crippen LogP contribution in [0.3, 0.4) is 0 Å². The molecule has 0 aliphatic carbocycles. The van der Waals surface area contributed by atoms with Crippen LogP contribution in [0.15, 0.2) is 24.3 Å². The van der Waals surface area contributed by atoms with Gasteiger partial charge in [-0.15, -0.1) is 0 Å². The fourth-order valence-electron chi connectivity index (χ4n) is 1.31. The molecule has 0 rings (SSSR count). The highest BCUT2D eigenvalue weighted by Gasteiger charge is 2.07. The van der Waals surface area contributed by atoms with Gasteiger partial charge < -0.3 is 0 Å². The van der Waals surface area contributed by atoms with E-state index in [0.29, 0.717) is 5.41 Å². The van der Waals surface area contributed by atoms with Gasteiger partial charge in [0, 0.05) is 0 Å². The third-order valence-electron chi connectivity index (χ3n) is 2.14. The van der Waals surface area contributed by atoms with Crippen molar-refractivity contribution >= 4 is 0 Å². The molecular weight excluding hydrogens is 168 g/mol. The Bertz CT molecular complexity index is 167. The van der Waals surface area contributed by atoms with Crippen LogP contribution in [0.1, 0.15) is 59.8 Å². The number of hydrogen-bond donors (Lipinski definition) is 0. The maximum absolute atomic E-state index is 2.31. The van der Waals surface area contributed by atoms with E-state index in [1.54, 1.807) is 0 Å². The van der Waals surface area contributed by atoms with Gasteiger partial charge in [-0.2, -0.15) is 0 Å². The fraction of sp³-hybridized carbons (Fsp3) is 0.714. The summed E-state index contributed by atoms with van der Waals surface area (Å²) in [6, 6.07) is 0. The van der Waals surface area contributed by atoms with Gasteiger partial charge in [-0.3, -0.25) is 0 Å². The second-order valence-corrected chi connectivity index (χ2v) is 5.04. The molecule has 0 heteroatoms. The Morgan fingerprint density at radius 3 is 2.14 bits per heavy atom. The van der Waals surface area contributed by atoms with Gasteiger partial charge in [0.05, 0.1) is 0 Å². The average molecular weight is 194 g/mol. The minimum atomic E-state index is 0.496. The topological polar surface area (TPSA) is 0 Å². The van der Waals surface area contributed by atoms with E-state index in [0.717, 1.165) is 12.8 Å². The summed E-state index contributed by atoms with van der Waals surface area (Å²) in [6.45, 7) is 9.09. The summed E-state index contributed by atoms with van der Waals surface area (Å²) in [6.07, 6.45) is 15.2. The molecular formula is C14H26. The minimum Gasteiger partial charge on any atom is -0.0885 e. The monoisotopic (exact) mass is 194 g/mol.